The SMILES string of the molecule is CC[C@H](C)[C@H](NC(=O)[C@@H](NC(=O)[C@H](CCCCN)NC(=O)[C@H](CCCCN)NC(=O)[C@H](CC(C)C)NC(=O)[C@@H](NC(=O)CN)C(C)C)C(C)C)C(=O)N[C@@H](CCCN=C(N)N)C(=O)N[C@@H](Cc1cnc[nH]1)C(=O)O. The molecule has 0 fully saturated rings. The number of guanidine groups is 1. The van der Waals surface area contributed by atoms with Crippen molar-refractivity contribution in [3.8, 4) is 0 Å². The molecule has 9 atom stereocenters. The number of nitrogens with one attached hydrogen (secondary N) is 9. The number of unbranched alkanes of at least 4 members (excludes halogenated alkanes) is 2. The lowest BCUT2D eigenvalue weighted by Crippen LogP contribution is -2.62. The van der Waals surface area contributed by atoms with Crippen LogP contribution in [0.5, 0.6) is 0 Å². The van der Waals surface area contributed by atoms with Crippen molar-refractivity contribution in [2.75, 3.05) is 26.2 Å². The smallest absolute Gasteiger partial charge is 0.326 e. The molecule has 420 valence electrons. The maximum absolute atomic E-state index is 14.3. The number of carboxylic acid groups (broad SMARTS) is 1. The third-order valence-corrected chi connectivity index (χ3v) is 12.2. The predicted octanol–water partition coefficient (Wildman–Crippen LogP) is -2.41. The van der Waals surface area contributed by atoms with E-state index in [0.717, 1.165) is 0 Å². The molecule has 0 aromatic carbocycles. The molecule has 0 saturated carbocycles. The Hall–Kier alpha value is -6.41. The molecule has 0 spiro atoms. The molecule has 20 N–H and O–H groups in total. The molecule has 26 nitrogen and oxygen atoms in total. The van der Waals surface area contributed by atoms with Gasteiger partial charge in [-0.25, -0.2) is 9.78 Å². The summed E-state index contributed by atoms with van der Waals surface area (Å²) in [5, 5.41) is 31.4. The third kappa shape index (κ3) is 24.5. The maximum Gasteiger partial charge on any atom is 0.326 e. The lowest BCUT2D eigenvalue weighted by molar-refractivity contribution is -0.142. The van der Waals surface area contributed by atoms with Crippen molar-refractivity contribution in [2.45, 2.75) is 174 Å². The Morgan fingerprint density at radius 2 is 1.01 bits per heavy atom. The molecule has 0 radical (unpaired) electrons. The standard InChI is InChI=1S/C48H88N16O10/c1-9-29(8)39(46(72)59-33(17-14-20-55-48(52)53)41(67)61-35(47(73)74)22-30-24-54-25-56-30)64-45(71)38(28(6)7)63-42(68)32(16-11-13-19-50)57-40(66)31(15-10-12-18-49)58-43(69)34(21-26(2)3)60-44(70)37(27(4)5)62-36(65)23-51/h24-29,31-35,37-39H,9-23,49-51H2,1-8H3,(H,54,56)(H,57,66)(H,58,69)(H,59,72)(H,60,70)(H,61,67)(H,62,65)(H,63,68)(H,64,71)(H,73,74)(H4,52,53,55)/t29-,31-,32-,33-,34-,35-,37-,38-,39-/m0/s1. The van der Waals surface area contributed by atoms with E-state index < -0.39 is 113 Å². The molecule has 26 heteroatoms. The van der Waals surface area contributed by atoms with Crippen molar-refractivity contribution >= 4 is 59.2 Å². The van der Waals surface area contributed by atoms with Crippen LogP contribution in [-0.4, -0.2) is 149 Å². The number of aliphatic carboxylic acids is 1. The summed E-state index contributed by atoms with van der Waals surface area (Å²) < 4.78 is 0. The van der Waals surface area contributed by atoms with Gasteiger partial charge < -0.3 is 81.3 Å². The van der Waals surface area contributed by atoms with E-state index in [1.165, 1.54) is 12.5 Å². The molecule has 1 heterocycles. The van der Waals surface area contributed by atoms with Gasteiger partial charge in [0.05, 0.1) is 12.9 Å². The fourth-order valence-electron chi connectivity index (χ4n) is 7.66. The van der Waals surface area contributed by atoms with Crippen LogP contribution in [-0.2, 0) is 49.6 Å². The maximum atomic E-state index is 14.3. The molecular formula is C48H88N16O10. The van der Waals surface area contributed by atoms with E-state index in [-0.39, 0.29) is 76.0 Å². The molecule has 0 bridgehead atoms. The molecule has 0 aliphatic heterocycles. The number of carbonyl (C=O) groups excluding carboxylic acids is 8. The minimum absolute atomic E-state index is 0.0181. The number of H-pyrrole nitrogens is 1. The fourth-order valence-corrected chi connectivity index (χ4v) is 7.66. The van der Waals surface area contributed by atoms with Gasteiger partial charge in [0.1, 0.15) is 48.3 Å². The number of imidazole rings is 1. The summed E-state index contributed by atoms with van der Waals surface area (Å²) in [6.07, 6.45) is 5.43. The van der Waals surface area contributed by atoms with Crippen LogP contribution in [0.3, 0.4) is 0 Å². The van der Waals surface area contributed by atoms with E-state index in [4.69, 9.17) is 28.7 Å². The number of carboxylic acids is 1. The van der Waals surface area contributed by atoms with Gasteiger partial charge in [-0.05, 0) is 94.5 Å². The van der Waals surface area contributed by atoms with Gasteiger partial charge in [-0.3, -0.25) is 43.3 Å². The van der Waals surface area contributed by atoms with Crippen LogP contribution >= 0.6 is 0 Å². The van der Waals surface area contributed by atoms with E-state index in [2.05, 4.69) is 57.5 Å². The largest absolute Gasteiger partial charge is 0.480 e. The lowest BCUT2D eigenvalue weighted by Gasteiger charge is -2.31. The van der Waals surface area contributed by atoms with Gasteiger partial charge in [0.2, 0.25) is 47.3 Å². The highest BCUT2D eigenvalue weighted by molar-refractivity contribution is 5.98. The lowest BCUT2D eigenvalue weighted by atomic mass is 9.95. The number of nitrogens with two attached hydrogens (primary N) is 5. The molecule has 1 aromatic rings. The first-order valence-corrected chi connectivity index (χ1v) is 25.7. The number of hydrogen-bond acceptors (Lipinski definition) is 14. The molecule has 0 aliphatic carbocycles. The van der Waals surface area contributed by atoms with Crippen molar-refractivity contribution in [2.24, 2.45) is 57.3 Å². The highest BCUT2D eigenvalue weighted by atomic mass is 16.4. The molecule has 0 unspecified atom stereocenters. The second-order valence-corrected chi connectivity index (χ2v) is 19.7. The first kappa shape index (κ1) is 65.6. The Kier molecular flexibility index (Phi) is 30.9. The van der Waals surface area contributed by atoms with Gasteiger partial charge in [-0.1, -0.05) is 61.8 Å². The molecule has 1 rings (SSSR count). The zero-order valence-corrected chi connectivity index (χ0v) is 44.6. The van der Waals surface area contributed by atoms with Crippen LogP contribution < -0.4 is 71.2 Å². The Balaban J connectivity index is 3.48. The predicted molar refractivity (Wildman–Crippen MR) is 279 cm³/mol. The number of aromatic nitrogens is 2. The number of aromatic amines is 1. The van der Waals surface area contributed by atoms with Crippen LogP contribution in [0.1, 0.15) is 125 Å². The van der Waals surface area contributed by atoms with Crippen LogP contribution in [0.4, 0.5) is 0 Å². The van der Waals surface area contributed by atoms with E-state index in [1.54, 1.807) is 41.5 Å². The summed E-state index contributed by atoms with van der Waals surface area (Å²) in [5.41, 5.74) is 28.4. The minimum atomic E-state index is -1.39. The van der Waals surface area contributed by atoms with Crippen LogP contribution in [0.25, 0.3) is 0 Å². The van der Waals surface area contributed by atoms with Crippen molar-refractivity contribution in [1.29, 1.82) is 0 Å². The summed E-state index contributed by atoms with van der Waals surface area (Å²) in [4.78, 5) is 133. The number of rotatable bonds is 37. The fraction of sp³-hybridized carbons (Fsp3) is 0.729. The van der Waals surface area contributed by atoms with Crippen molar-refractivity contribution in [1.82, 2.24) is 52.5 Å². The summed E-state index contributed by atoms with van der Waals surface area (Å²) in [6.45, 7) is 14.4. The summed E-state index contributed by atoms with van der Waals surface area (Å²) in [5.74, 6) is -8.63. The Morgan fingerprint density at radius 3 is 1.46 bits per heavy atom. The van der Waals surface area contributed by atoms with Gasteiger partial charge in [0.15, 0.2) is 5.96 Å². The van der Waals surface area contributed by atoms with Crippen LogP contribution in [0.15, 0.2) is 17.5 Å². The highest BCUT2D eigenvalue weighted by Gasteiger charge is 2.37. The summed E-state index contributed by atoms with van der Waals surface area (Å²) in [7, 11) is 0. The normalized spacial score (nSPS) is 14.9. The first-order valence-electron chi connectivity index (χ1n) is 25.7. The minimum Gasteiger partial charge on any atom is -0.480 e. The molecular weight excluding hydrogens is 961 g/mol. The molecule has 0 saturated heterocycles. The molecule has 74 heavy (non-hydrogen) atoms. The zero-order valence-electron chi connectivity index (χ0n) is 44.6. The van der Waals surface area contributed by atoms with E-state index >= 15 is 0 Å². The quantitative estimate of drug-likeness (QED) is 0.0187. The second kappa shape index (κ2) is 34.9. The zero-order chi connectivity index (χ0) is 56.1. The topological polar surface area (TPSA) is 441 Å². The number of nitrogens with zero attached hydrogens (tertiary/aromatic N) is 2. The monoisotopic (exact) mass is 1050 g/mol. The number of carbonyl (C=O) groups is 9. The number of amides is 8. The average molecular weight is 1050 g/mol. The van der Waals surface area contributed by atoms with E-state index in [1.807, 2.05) is 13.8 Å². The van der Waals surface area contributed by atoms with Crippen LogP contribution in [0, 0.1) is 23.7 Å². The number of hydrogen-bond donors (Lipinski definition) is 15. The van der Waals surface area contributed by atoms with Crippen molar-refractivity contribution in [3.63, 3.8) is 0 Å². The Bertz CT molecular complexity index is 1960. The van der Waals surface area contributed by atoms with Gasteiger partial charge >= 0.3 is 5.97 Å². The molecule has 1 aromatic heterocycles. The van der Waals surface area contributed by atoms with Gasteiger partial charge in [-0.2, -0.15) is 0 Å². The summed E-state index contributed by atoms with van der Waals surface area (Å²) in [6, 6.07) is -9.71. The van der Waals surface area contributed by atoms with Gasteiger partial charge in [-0.15, -0.1) is 0 Å². The summed E-state index contributed by atoms with van der Waals surface area (Å²) >= 11 is 0. The van der Waals surface area contributed by atoms with Crippen molar-refractivity contribution in [3.05, 3.63) is 18.2 Å². The molecule has 0 aliphatic rings. The Morgan fingerprint density at radius 1 is 0.581 bits per heavy atom. The van der Waals surface area contributed by atoms with E-state index in [9.17, 15) is 48.3 Å². The number of aliphatic imine (C=N–C) groups is 1. The highest BCUT2D eigenvalue weighted by Crippen LogP contribution is 2.15. The molecule has 8 amide bonds. The van der Waals surface area contributed by atoms with Gasteiger partial charge in [0.25, 0.3) is 0 Å². The second-order valence-electron chi connectivity index (χ2n) is 19.7. The third-order valence-electron chi connectivity index (χ3n) is 12.2. The van der Waals surface area contributed by atoms with Crippen LogP contribution in [0.2, 0.25) is 0 Å². The Labute approximate surface area is 435 Å². The van der Waals surface area contributed by atoms with Crippen molar-refractivity contribution < 1.29 is 48.3 Å². The first-order chi connectivity index (χ1) is 34.9. The van der Waals surface area contributed by atoms with E-state index in [0.29, 0.717) is 44.3 Å². The van der Waals surface area contributed by atoms with Gasteiger partial charge in [0, 0.05) is 24.9 Å². The average Bonchev–Trinajstić information content (AvgIpc) is 3.86.